The molecule has 3 amide bonds. The van der Waals surface area contributed by atoms with E-state index < -0.39 is 35.9 Å². The largest absolute Gasteiger partial charge is 0.480 e. The van der Waals surface area contributed by atoms with E-state index in [1.807, 2.05) is 0 Å². The number of hydrogen-bond donors (Lipinski definition) is 6. The van der Waals surface area contributed by atoms with E-state index in [9.17, 15) is 19.2 Å². The van der Waals surface area contributed by atoms with Gasteiger partial charge in [0.25, 0.3) is 0 Å². The molecule has 0 saturated carbocycles. The van der Waals surface area contributed by atoms with Gasteiger partial charge in [-0.15, -0.1) is 0 Å². The van der Waals surface area contributed by atoms with Crippen molar-refractivity contribution in [2.24, 2.45) is 28.1 Å². The van der Waals surface area contributed by atoms with Crippen molar-refractivity contribution < 1.29 is 24.3 Å². The first kappa shape index (κ1) is 25.1. The van der Waals surface area contributed by atoms with Gasteiger partial charge in [0.05, 0.1) is 12.6 Å². The highest BCUT2D eigenvalue weighted by molar-refractivity contribution is 5.93. The maximum absolute atomic E-state index is 12.6. The van der Waals surface area contributed by atoms with E-state index in [-0.39, 0.29) is 24.3 Å². The normalized spacial score (nSPS) is 17.9. The van der Waals surface area contributed by atoms with E-state index in [0.29, 0.717) is 38.8 Å². The summed E-state index contributed by atoms with van der Waals surface area (Å²) in [5.41, 5.74) is 16.4. The van der Waals surface area contributed by atoms with Crippen molar-refractivity contribution in [3.63, 3.8) is 0 Å². The molecule has 9 N–H and O–H groups in total. The molecule has 0 spiro atoms. The molecule has 1 aliphatic heterocycles. The Labute approximate surface area is 175 Å². The van der Waals surface area contributed by atoms with Gasteiger partial charge < -0.3 is 37.8 Å². The molecule has 0 radical (unpaired) electrons. The highest BCUT2D eigenvalue weighted by Gasteiger charge is 2.36. The van der Waals surface area contributed by atoms with Crippen LogP contribution in [-0.2, 0) is 19.2 Å². The number of carbonyl (C=O) groups excluding carboxylic acids is 3. The third-order valence-electron chi connectivity index (χ3n) is 4.80. The highest BCUT2D eigenvalue weighted by Crippen LogP contribution is 2.19. The van der Waals surface area contributed by atoms with Gasteiger partial charge in [-0.05, 0) is 31.6 Å². The first-order valence-electron chi connectivity index (χ1n) is 9.95. The van der Waals surface area contributed by atoms with Crippen LogP contribution in [-0.4, -0.2) is 77.4 Å². The molecule has 1 heterocycles. The Hall–Kier alpha value is -2.89. The number of aliphatic imine (C=N–C) groups is 1. The second-order valence-electron chi connectivity index (χ2n) is 7.59. The number of carbonyl (C=O) groups is 4. The molecule has 1 aliphatic rings. The van der Waals surface area contributed by atoms with Crippen LogP contribution in [0.4, 0.5) is 0 Å². The summed E-state index contributed by atoms with van der Waals surface area (Å²) in [7, 11) is 0. The van der Waals surface area contributed by atoms with Gasteiger partial charge in [0.1, 0.15) is 12.1 Å². The lowest BCUT2D eigenvalue weighted by Gasteiger charge is -2.26. The Morgan fingerprint density at radius 1 is 1.23 bits per heavy atom. The highest BCUT2D eigenvalue weighted by atomic mass is 16.4. The van der Waals surface area contributed by atoms with Gasteiger partial charge in [-0.25, -0.2) is 4.79 Å². The SMILES string of the molecule is CC(C)C(NC(=O)CNC(=O)C1CCCN1C(=O)C(N)CCCN=C(N)N)C(=O)O. The Morgan fingerprint density at radius 3 is 2.47 bits per heavy atom. The second-order valence-corrected chi connectivity index (χ2v) is 7.59. The van der Waals surface area contributed by atoms with Gasteiger partial charge in [0.15, 0.2) is 5.96 Å². The number of nitrogens with zero attached hydrogens (tertiary/aromatic N) is 2. The van der Waals surface area contributed by atoms with Crippen molar-refractivity contribution in [2.45, 2.75) is 57.7 Å². The van der Waals surface area contributed by atoms with Crippen LogP contribution < -0.4 is 27.8 Å². The number of nitrogens with two attached hydrogens (primary N) is 3. The summed E-state index contributed by atoms with van der Waals surface area (Å²) < 4.78 is 0. The van der Waals surface area contributed by atoms with Crippen molar-refractivity contribution in [1.29, 1.82) is 0 Å². The van der Waals surface area contributed by atoms with Crippen LogP contribution in [0, 0.1) is 5.92 Å². The molecule has 1 saturated heterocycles. The number of nitrogens with one attached hydrogen (secondary N) is 2. The molecule has 3 unspecified atom stereocenters. The number of carboxylic acids is 1. The summed E-state index contributed by atoms with van der Waals surface area (Å²) in [6.45, 7) is 3.72. The van der Waals surface area contributed by atoms with Crippen LogP contribution in [0.15, 0.2) is 4.99 Å². The van der Waals surface area contributed by atoms with E-state index in [2.05, 4.69) is 15.6 Å². The number of guanidine groups is 1. The third kappa shape index (κ3) is 7.85. The van der Waals surface area contributed by atoms with Crippen LogP contribution in [0.5, 0.6) is 0 Å². The van der Waals surface area contributed by atoms with E-state index >= 15 is 0 Å². The molecule has 1 rings (SSSR count). The lowest BCUT2D eigenvalue weighted by atomic mass is 10.0. The Bertz CT molecular complexity index is 663. The Balaban J connectivity index is 2.54. The second kappa shape index (κ2) is 12.0. The minimum Gasteiger partial charge on any atom is -0.480 e. The quantitative estimate of drug-likeness (QED) is 0.120. The Morgan fingerprint density at radius 2 is 1.90 bits per heavy atom. The number of rotatable bonds is 11. The Kier molecular flexibility index (Phi) is 10.0. The zero-order chi connectivity index (χ0) is 22.8. The first-order valence-corrected chi connectivity index (χ1v) is 9.95. The average Bonchev–Trinajstić information content (AvgIpc) is 3.15. The predicted octanol–water partition coefficient (Wildman–Crippen LogP) is -2.30. The molecule has 3 atom stereocenters. The van der Waals surface area contributed by atoms with Gasteiger partial charge in [-0.2, -0.15) is 0 Å². The number of hydrogen-bond acceptors (Lipinski definition) is 6. The first-order chi connectivity index (χ1) is 14.0. The topological polar surface area (TPSA) is 206 Å². The van der Waals surface area contributed by atoms with E-state index in [4.69, 9.17) is 22.3 Å². The summed E-state index contributed by atoms with van der Waals surface area (Å²) in [6.07, 6.45) is 2.00. The summed E-state index contributed by atoms with van der Waals surface area (Å²) in [6, 6.07) is -2.54. The van der Waals surface area contributed by atoms with Crippen LogP contribution >= 0.6 is 0 Å². The molecule has 0 aromatic carbocycles. The smallest absolute Gasteiger partial charge is 0.326 e. The fourth-order valence-electron chi connectivity index (χ4n) is 3.18. The van der Waals surface area contributed by atoms with Crippen molar-refractivity contribution in [2.75, 3.05) is 19.6 Å². The fraction of sp³-hybridized carbons (Fsp3) is 0.722. The summed E-state index contributed by atoms with van der Waals surface area (Å²) in [5, 5.41) is 14.0. The van der Waals surface area contributed by atoms with Crippen molar-refractivity contribution in [3.05, 3.63) is 0 Å². The molecule has 0 bridgehead atoms. The van der Waals surface area contributed by atoms with Gasteiger partial charge in [0, 0.05) is 13.1 Å². The molecule has 30 heavy (non-hydrogen) atoms. The average molecular weight is 428 g/mol. The van der Waals surface area contributed by atoms with E-state index in [0.717, 1.165) is 0 Å². The number of aliphatic carboxylic acids is 1. The van der Waals surface area contributed by atoms with Gasteiger partial charge in [0.2, 0.25) is 17.7 Å². The van der Waals surface area contributed by atoms with Crippen LogP contribution in [0.3, 0.4) is 0 Å². The van der Waals surface area contributed by atoms with E-state index in [1.165, 1.54) is 4.90 Å². The molecule has 170 valence electrons. The molecule has 12 heteroatoms. The maximum atomic E-state index is 12.6. The zero-order valence-corrected chi connectivity index (χ0v) is 17.5. The minimum atomic E-state index is -1.15. The molecular weight excluding hydrogens is 394 g/mol. The maximum Gasteiger partial charge on any atom is 0.326 e. The zero-order valence-electron chi connectivity index (χ0n) is 17.5. The number of likely N-dealkylation sites (tertiary alicyclic amines) is 1. The van der Waals surface area contributed by atoms with Crippen LogP contribution in [0.2, 0.25) is 0 Å². The van der Waals surface area contributed by atoms with Gasteiger partial charge in [-0.3, -0.25) is 19.4 Å². The third-order valence-corrected chi connectivity index (χ3v) is 4.80. The monoisotopic (exact) mass is 427 g/mol. The van der Waals surface area contributed by atoms with Crippen molar-refractivity contribution in [1.82, 2.24) is 15.5 Å². The summed E-state index contributed by atoms with van der Waals surface area (Å²) in [5.74, 6) is -2.91. The summed E-state index contributed by atoms with van der Waals surface area (Å²) in [4.78, 5) is 53.5. The summed E-state index contributed by atoms with van der Waals surface area (Å²) >= 11 is 0. The van der Waals surface area contributed by atoms with Crippen molar-refractivity contribution >= 4 is 29.7 Å². The molecule has 0 aromatic rings. The van der Waals surface area contributed by atoms with Crippen LogP contribution in [0.1, 0.15) is 39.5 Å². The number of amides is 3. The van der Waals surface area contributed by atoms with Crippen LogP contribution in [0.25, 0.3) is 0 Å². The van der Waals surface area contributed by atoms with E-state index in [1.54, 1.807) is 13.8 Å². The predicted molar refractivity (Wildman–Crippen MR) is 110 cm³/mol. The van der Waals surface area contributed by atoms with Gasteiger partial charge in [-0.1, -0.05) is 13.8 Å². The molecule has 1 fully saturated rings. The lowest BCUT2D eigenvalue weighted by Crippen LogP contribution is -2.53. The molecule has 0 aliphatic carbocycles. The molecule has 0 aromatic heterocycles. The number of carboxylic acid groups (broad SMARTS) is 1. The molecular formula is C18H33N7O5. The minimum absolute atomic E-state index is 0.0294. The lowest BCUT2D eigenvalue weighted by molar-refractivity contribution is -0.143. The van der Waals surface area contributed by atoms with Gasteiger partial charge >= 0.3 is 5.97 Å². The fourth-order valence-corrected chi connectivity index (χ4v) is 3.18. The molecule has 12 nitrogen and oxygen atoms in total. The van der Waals surface area contributed by atoms with Crippen molar-refractivity contribution in [3.8, 4) is 0 Å². The standard InChI is InChI=1S/C18H33N7O5/c1-10(2)14(17(29)30)24-13(26)9-23-15(27)12-6-4-8-25(12)16(28)11(19)5-3-7-22-18(20)21/h10-12,14H,3-9,19H2,1-2H3,(H,23,27)(H,24,26)(H,29,30)(H4,20,21,22).